The van der Waals surface area contributed by atoms with Gasteiger partial charge >= 0.3 is 0 Å². The second-order valence-corrected chi connectivity index (χ2v) is 6.79. The molecule has 20 heavy (non-hydrogen) atoms. The average Bonchev–Trinajstić information content (AvgIpc) is 2.89. The van der Waals surface area contributed by atoms with Crippen LogP contribution in [0.1, 0.15) is 17.4 Å². The van der Waals surface area contributed by atoms with Gasteiger partial charge in [0.05, 0.1) is 16.9 Å². The molecule has 2 aromatic rings. The number of benzene rings is 1. The Morgan fingerprint density at radius 1 is 1.15 bits per heavy atom. The molecule has 0 aliphatic carbocycles. The zero-order valence-corrected chi connectivity index (χ0v) is 13.8. The van der Waals surface area contributed by atoms with Crippen molar-refractivity contribution in [1.29, 1.82) is 0 Å². The maximum Gasteiger partial charge on any atom is 0.191 e. The monoisotopic (exact) mass is 351 g/mol. The smallest absolute Gasteiger partial charge is 0.191 e. The van der Waals surface area contributed by atoms with Crippen molar-refractivity contribution >= 4 is 33.2 Å². The first-order valence-electron chi connectivity index (χ1n) is 6.58. The minimum absolute atomic E-state index is 0.685. The number of halogens is 1. The molecule has 0 bridgehead atoms. The zero-order valence-electron chi connectivity index (χ0n) is 11.4. The van der Waals surface area contributed by atoms with Gasteiger partial charge in [-0.1, -0.05) is 30.3 Å². The van der Waals surface area contributed by atoms with Crippen LogP contribution in [0.3, 0.4) is 0 Å². The highest BCUT2D eigenvalue weighted by molar-refractivity contribution is 9.11. The number of hydrogen-bond acceptors (Lipinski definition) is 2. The Bertz CT molecular complexity index is 551. The van der Waals surface area contributed by atoms with E-state index in [1.807, 2.05) is 18.2 Å². The van der Waals surface area contributed by atoms with E-state index in [9.17, 15) is 0 Å². The molecule has 2 rings (SSSR count). The largest absolute Gasteiger partial charge is 0.357 e. The van der Waals surface area contributed by atoms with E-state index in [2.05, 4.69) is 62.7 Å². The average molecular weight is 352 g/mol. The first-order valence-corrected chi connectivity index (χ1v) is 8.19. The summed E-state index contributed by atoms with van der Waals surface area (Å²) in [7, 11) is 0. The van der Waals surface area contributed by atoms with E-state index in [1.54, 1.807) is 11.3 Å². The van der Waals surface area contributed by atoms with E-state index in [1.165, 1.54) is 10.4 Å². The lowest BCUT2D eigenvalue weighted by Crippen LogP contribution is -2.36. The van der Waals surface area contributed by atoms with E-state index in [0.717, 1.165) is 22.8 Å². The summed E-state index contributed by atoms with van der Waals surface area (Å²) < 4.78 is 1.15. The van der Waals surface area contributed by atoms with E-state index in [0.29, 0.717) is 6.54 Å². The fraction of sp³-hybridized carbons (Fsp3) is 0.267. The summed E-state index contributed by atoms with van der Waals surface area (Å²) in [6, 6.07) is 14.4. The van der Waals surface area contributed by atoms with Crippen LogP contribution < -0.4 is 10.6 Å². The molecule has 1 aromatic carbocycles. The van der Waals surface area contributed by atoms with Gasteiger partial charge in [0, 0.05) is 11.4 Å². The van der Waals surface area contributed by atoms with Gasteiger partial charge in [-0.15, -0.1) is 11.3 Å². The van der Waals surface area contributed by atoms with Crippen molar-refractivity contribution in [3.63, 3.8) is 0 Å². The van der Waals surface area contributed by atoms with Gasteiger partial charge in [0.2, 0.25) is 0 Å². The Morgan fingerprint density at radius 2 is 1.95 bits per heavy atom. The molecule has 0 fully saturated rings. The molecule has 106 valence electrons. The highest BCUT2D eigenvalue weighted by Crippen LogP contribution is 2.21. The van der Waals surface area contributed by atoms with Crippen molar-refractivity contribution in [2.24, 2.45) is 4.99 Å². The van der Waals surface area contributed by atoms with Crippen LogP contribution in [0.15, 0.2) is 51.2 Å². The molecule has 0 spiro atoms. The Morgan fingerprint density at radius 3 is 2.60 bits per heavy atom. The Balaban J connectivity index is 1.92. The SMILES string of the molecule is CCNC(=NCc1ccccc1)NCc1ccc(Br)s1. The number of guanidine groups is 1. The maximum absolute atomic E-state index is 4.59. The molecule has 0 radical (unpaired) electrons. The minimum atomic E-state index is 0.685. The van der Waals surface area contributed by atoms with Gasteiger partial charge in [-0.05, 0) is 40.5 Å². The molecule has 1 heterocycles. The van der Waals surface area contributed by atoms with Crippen molar-refractivity contribution in [2.75, 3.05) is 6.54 Å². The van der Waals surface area contributed by atoms with Gasteiger partial charge in [0.1, 0.15) is 0 Å². The standard InChI is InChI=1S/C15H18BrN3S/c1-2-17-15(18-10-12-6-4-3-5-7-12)19-11-13-8-9-14(16)20-13/h3-9H,2,10-11H2,1H3,(H2,17,18,19). The fourth-order valence-electron chi connectivity index (χ4n) is 1.71. The summed E-state index contributed by atoms with van der Waals surface area (Å²) in [4.78, 5) is 5.87. The number of hydrogen-bond donors (Lipinski definition) is 2. The van der Waals surface area contributed by atoms with Gasteiger partial charge in [-0.3, -0.25) is 0 Å². The third-order valence-electron chi connectivity index (χ3n) is 2.67. The molecular formula is C15H18BrN3S. The first kappa shape index (κ1) is 15.1. The van der Waals surface area contributed by atoms with E-state index in [-0.39, 0.29) is 0 Å². The zero-order chi connectivity index (χ0) is 14.2. The van der Waals surface area contributed by atoms with Crippen LogP contribution in [0.4, 0.5) is 0 Å². The molecule has 0 saturated heterocycles. The van der Waals surface area contributed by atoms with E-state index < -0.39 is 0 Å². The summed E-state index contributed by atoms with van der Waals surface area (Å²) in [6.45, 7) is 4.40. The molecule has 0 aliphatic heterocycles. The molecule has 5 heteroatoms. The van der Waals surface area contributed by atoms with Crippen molar-refractivity contribution in [1.82, 2.24) is 10.6 Å². The molecule has 2 N–H and O–H groups in total. The van der Waals surface area contributed by atoms with Crippen LogP contribution in [0.2, 0.25) is 0 Å². The summed E-state index contributed by atoms with van der Waals surface area (Å²) in [5.74, 6) is 0.848. The lowest BCUT2D eigenvalue weighted by Gasteiger charge is -2.10. The summed E-state index contributed by atoms with van der Waals surface area (Å²) in [5, 5.41) is 6.61. The summed E-state index contributed by atoms with van der Waals surface area (Å²) >= 11 is 5.21. The van der Waals surface area contributed by atoms with Crippen molar-refractivity contribution in [2.45, 2.75) is 20.0 Å². The lowest BCUT2D eigenvalue weighted by atomic mass is 10.2. The van der Waals surface area contributed by atoms with Crippen molar-refractivity contribution in [3.05, 3.63) is 56.7 Å². The molecular weight excluding hydrogens is 334 g/mol. The number of rotatable bonds is 5. The molecule has 0 amide bonds. The Hall–Kier alpha value is -1.33. The number of aliphatic imine (C=N–C) groups is 1. The Kier molecular flexibility index (Phi) is 6.08. The molecule has 3 nitrogen and oxygen atoms in total. The van der Waals surface area contributed by atoms with Crippen LogP contribution in [0.25, 0.3) is 0 Å². The van der Waals surface area contributed by atoms with Gasteiger partial charge < -0.3 is 10.6 Å². The molecule has 0 saturated carbocycles. The first-order chi connectivity index (χ1) is 9.78. The number of thiophene rings is 1. The summed E-state index contributed by atoms with van der Waals surface area (Å²) in [5.41, 5.74) is 1.21. The third-order valence-corrected chi connectivity index (χ3v) is 4.29. The number of nitrogens with one attached hydrogen (secondary N) is 2. The van der Waals surface area contributed by atoms with Crippen LogP contribution in [0, 0.1) is 0 Å². The topological polar surface area (TPSA) is 36.4 Å². The second kappa shape index (κ2) is 8.07. The number of nitrogens with zero attached hydrogens (tertiary/aromatic N) is 1. The van der Waals surface area contributed by atoms with Crippen molar-refractivity contribution < 1.29 is 0 Å². The quantitative estimate of drug-likeness (QED) is 0.635. The van der Waals surface area contributed by atoms with Gasteiger partial charge in [-0.2, -0.15) is 0 Å². The highest BCUT2D eigenvalue weighted by atomic mass is 79.9. The molecule has 0 unspecified atom stereocenters. The predicted molar refractivity (Wildman–Crippen MR) is 90.1 cm³/mol. The highest BCUT2D eigenvalue weighted by Gasteiger charge is 2.00. The second-order valence-electron chi connectivity index (χ2n) is 4.24. The van der Waals surface area contributed by atoms with Gasteiger partial charge in [-0.25, -0.2) is 4.99 Å². The molecule has 0 aliphatic rings. The van der Waals surface area contributed by atoms with E-state index in [4.69, 9.17) is 0 Å². The van der Waals surface area contributed by atoms with Crippen LogP contribution >= 0.6 is 27.3 Å². The van der Waals surface area contributed by atoms with Gasteiger partial charge in [0.15, 0.2) is 5.96 Å². The van der Waals surface area contributed by atoms with Crippen LogP contribution in [-0.2, 0) is 13.1 Å². The van der Waals surface area contributed by atoms with Crippen molar-refractivity contribution in [3.8, 4) is 0 Å². The fourth-order valence-corrected chi connectivity index (χ4v) is 3.14. The minimum Gasteiger partial charge on any atom is -0.357 e. The van der Waals surface area contributed by atoms with E-state index >= 15 is 0 Å². The van der Waals surface area contributed by atoms with Gasteiger partial charge in [0.25, 0.3) is 0 Å². The molecule has 0 atom stereocenters. The maximum atomic E-state index is 4.59. The Labute approximate surface area is 132 Å². The summed E-state index contributed by atoms with van der Waals surface area (Å²) in [6.07, 6.45) is 0. The van der Waals surface area contributed by atoms with Crippen LogP contribution in [-0.4, -0.2) is 12.5 Å². The predicted octanol–water partition coefficient (Wildman–Crippen LogP) is 3.77. The third kappa shape index (κ3) is 4.98. The molecule has 1 aromatic heterocycles. The normalized spacial score (nSPS) is 11.4. The lowest BCUT2D eigenvalue weighted by molar-refractivity contribution is 0.823. The van der Waals surface area contributed by atoms with Crippen LogP contribution in [0.5, 0.6) is 0 Å².